The highest BCUT2D eigenvalue weighted by Gasteiger charge is 2.13. The molecule has 0 saturated carbocycles. The van der Waals surface area contributed by atoms with E-state index in [1.807, 2.05) is 29.3 Å². The van der Waals surface area contributed by atoms with Gasteiger partial charge in [0.2, 0.25) is 0 Å². The van der Waals surface area contributed by atoms with Crippen molar-refractivity contribution in [2.24, 2.45) is 0 Å². The molecule has 1 heterocycles. The van der Waals surface area contributed by atoms with E-state index in [4.69, 9.17) is 4.74 Å². The zero-order chi connectivity index (χ0) is 12.8. The standard InChI is InChI=1S/C14H20N2O2/c1-18-11-12-5-7-13(8-6-12)14(17)15-16-9-3-2-4-10-16/h5-8H,2-4,9-11H2,1H3,(H,15,17). The number of hydrogen-bond donors (Lipinski definition) is 1. The summed E-state index contributed by atoms with van der Waals surface area (Å²) in [7, 11) is 1.66. The number of rotatable bonds is 4. The van der Waals surface area contributed by atoms with E-state index in [1.54, 1.807) is 7.11 Å². The fourth-order valence-corrected chi connectivity index (χ4v) is 2.13. The normalized spacial score (nSPS) is 16.5. The predicted octanol–water partition coefficient (Wildman–Crippen LogP) is 1.96. The number of amides is 1. The molecule has 0 radical (unpaired) electrons. The van der Waals surface area contributed by atoms with E-state index in [0.29, 0.717) is 12.2 Å². The number of carbonyl (C=O) groups is 1. The Kier molecular flexibility index (Phi) is 4.73. The molecule has 0 unspecified atom stereocenters. The van der Waals surface area contributed by atoms with Gasteiger partial charge in [0.05, 0.1) is 6.61 Å². The number of hydrazine groups is 1. The van der Waals surface area contributed by atoms with Gasteiger partial charge in [0.15, 0.2) is 0 Å². The highest BCUT2D eigenvalue weighted by molar-refractivity contribution is 5.93. The number of nitrogens with one attached hydrogen (secondary N) is 1. The van der Waals surface area contributed by atoms with Crippen LogP contribution in [0.1, 0.15) is 35.2 Å². The predicted molar refractivity (Wildman–Crippen MR) is 70.0 cm³/mol. The van der Waals surface area contributed by atoms with Gasteiger partial charge in [-0.05, 0) is 30.5 Å². The second kappa shape index (κ2) is 6.52. The zero-order valence-corrected chi connectivity index (χ0v) is 10.8. The SMILES string of the molecule is COCc1ccc(C(=O)NN2CCCCC2)cc1. The molecule has 4 nitrogen and oxygen atoms in total. The van der Waals surface area contributed by atoms with Crippen molar-refractivity contribution in [2.45, 2.75) is 25.9 Å². The molecule has 1 saturated heterocycles. The third-order valence-corrected chi connectivity index (χ3v) is 3.14. The maximum atomic E-state index is 12.0. The van der Waals surface area contributed by atoms with Crippen LogP contribution in [0.4, 0.5) is 0 Å². The van der Waals surface area contributed by atoms with Crippen LogP contribution in [0.25, 0.3) is 0 Å². The van der Waals surface area contributed by atoms with Crippen LogP contribution in [0.5, 0.6) is 0 Å². The van der Waals surface area contributed by atoms with Crippen LogP contribution in [0.3, 0.4) is 0 Å². The number of hydrogen-bond acceptors (Lipinski definition) is 3. The summed E-state index contributed by atoms with van der Waals surface area (Å²) in [4.78, 5) is 12.0. The summed E-state index contributed by atoms with van der Waals surface area (Å²) in [6.45, 7) is 2.48. The van der Waals surface area contributed by atoms with Gasteiger partial charge < -0.3 is 4.74 Å². The van der Waals surface area contributed by atoms with E-state index in [9.17, 15) is 4.79 Å². The first-order valence-corrected chi connectivity index (χ1v) is 6.43. The molecule has 98 valence electrons. The van der Waals surface area contributed by atoms with Crippen molar-refractivity contribution in [3.05, 3.63) is 35.4 Å². The second-order valence-electron chi connectivity index (χ2n) is 4.62. The summed E-state index contributed by atoms with van der Waals surface area (Å²) in [5.41, 5.74) is 4.72. The molecule has 1 N–H and O–H groups in total. The number of benzene rings is 1. The van der Waals surface area contributed by atoms with Crippen LogP contribution in [0, 0.1) is 0 Å². The molecule has 1 aromatic carbocycles. The van der Waals surface area contributed by atoms with Gasteiger partial charge in [-0.3, -0.25) is 10.2 Å². The average Bonchev–Trinajstić information content (AvgIpc) is 2.41. The Morgan fingerprint density at radius 1 is 1.22 bits per heavy atom. The van der Waals surface area contributed by atoms with Gasteiger partial charge >= 0.3 is 0 Å². The molecule has 2 rings (SSSR count). The van der Waals surface area contributed by atoms with E-state index in [0.717, 1.165) is 31.5 Å². The Hall–Kier alpha value is -1.39. The molecule has 4 heteroatoms. The van der Waals surface area contributed by atoms with Gasteiger partial charge in [0.1, 0.15) is 0 Å². The molecule has 0 aliphatic carbocycles. The lowest BCUT2D eigenvalue weighted by atomic mass is 10.1. The van der Waals surface area contributed by atoms with E-state index in [-0.39, 0.29) is 5.91 Å². The molecule has 18 heavy (non-hydrogen) atoms. The Bertz CT molecular complexity index is 383. The quantitative estimate of drug-likeness (QED) is 0.885. The third kappa shape index (κ3) is 3.55. The van der Waals surface area contributed by atoms with E-state index in [2.05, 4.69) is 5.43 Å². The fourth-order valence-electron chi connectivity index (χ4n) is 2.13. The first kappa shape index (κ1) is 13.1. The van der Waals surface area contributed by atoms with Crippen molar-refractivity contribution in [3.8, 4) is 0 Å². The van der Waals surface area contributed by atoms with Crippen LogP contribution in [0.2, 0.25) is 0 Å². The first-order valence-electron chi connectivity index (χ1n) is 6.43. The van der Waals surface area contributed by atoms with Crippen molar-refractivity contribution in [1.82, 2.24) is 10.4 Å². The maximum absolute atomic E-state index is 12.0. The maximum Gasteiger partial charge on any atom is 0.265 e. The molecule has 1 aliphatic rings. The fraction of sp³-hybridized carbons (Fsp3) is 0.500. The minimum Gasteiger partial charge on any atom is -0.380 e. The summed E-state index contributed by atoms with van der Waals surface area (Å²) in [6, 6.07) is 7.53. The molecular formula is C14H20N2O2. The van der Waals surface area contributed by atoms with Crippen molar-refractivity contribution in [2.75, 3.05) is 20.2 Å². The molecule has 1 aliphatic heterocycles. The smallest absolute Gasteiger partial charge is 0.265 e. The summed E-state index contributed by atoms with van der Waals surface area (Å²) < 4.78 is 5.04. The molecule has 1 fully saturated rings. The van der Waals surface area contributed by atoms with Crippen LogP contribution in [-0.2, 0) is 11.3 Å². The van der Waals surface area contributed by atoms with Gasteiger partial charge in [-0.15, -0.1) is 0 Å². The summed E-state index contributed by atoms with van der Waals surface area (Å²) in [5, 5.41) is 2.01. The Morgan fingerprint density at radius 2 is 1.89 bits per heavy atom. The minimum absolute atomic E-state index is 0.0270. The Morgan fingerprint density at radius 3 is 2.50 bits per heavy atom. The van der Waals surface area contributed by atoms with Crippen molar-refractivity contribution >= 4 is 5.91 Å². The van der Waals surface area contributed by atoms with Gasteiger partial charge in [0.25, 0.3) is 5.91 Å². The number of methoxy groups -OCH3 is 1. The second-order valence-corrected chi connectivity index (χ2v) is 4.62. The lowest BCUT2D eigenvalue weighted by Gasteiger charge is -2.26. The zero-order valence-electron chi connectivity index (χ0n) is 10.8. The van der Waals surface area contributed by atoms with Crippen LogP contribution in [0.15, 0.2) is 24.3 Å². The number of ether oxygens (including phenoxy) is 1. The van der Waals surface area contributed by atoms with Crippen molar-refractivity contribution in [3.63, 3.8) is 0 Å². The highest BCUT2D eigenvalue weighted by atomic mass is 16.5. The molecule has 0 aromatic heterocycles. The van der Waals surface area contributed by atoms with E-state index in [1.165, 1.54) is 6.42 Å². The summed E-state index contributed by atoms with van der Waals surface area (Å²) in [6.07, 6.45) is 3.58. The van der Waals surface area contributed by atoms with Gasteiger partial charge in [-0.2, -0.15) is 0 Å². The molecule has 0 atom stereocenters. The number of piperidine rings is 1. The lowest BCUT2D eigenvalue weighted by Crippen LogP contribution is -2.45. The molecule has 0 bridgehead atoms. The van der Waals surface area contributed by atoms with Crippen molar-refractivity contribution in [1.29, 1.82) is 0 Å². The highest BCUT2D eigenvalue weighted by Crippen LogP contribution is 2.08. The first-order chi connectivity index (χ1) is 8.79. The van der Waals surface area contributed by atoms with E-state index < -0.39 is 0 Å². The monoisotopic (exact) mass is 248 g/mol. The van der Waals surface area contributed by atoms with Crippen LogP contribution >= 0.6 is 0 Å². The minimum atomic E-state index is -0.0270. The van der Waals surface area contributed by atoms with Crippen LogP contribution < -0.4 is 5.43 Å². The number of carbonyl (C=O) groups excluding carboxylic acids is 1. The largest absolute Gasteiger partial charge is 0.380 e. The van der Waals surface area contributed by atoms with Crippen LogP contribution in [-0.4, -0.2) is 31.1 Å². The van der Waals surface area contributed by atoms with Gasteiger partial charge in [-0.1, -0.05) is 18.6 Å². The molecular weight excluding hydrogens is 228 g/mol. The summed E-state index contributed by atoms with van der Waals surface area (Å²) >= 11 is 0. The van der Waals surface area contributed by atoms with Crippen molar-refractivity contribution < 1.29 is 9.53 Å². The Balaban J connectivity index is 1.91. The van der Waals surface area contributed by atoms with E-state index >= 15 is 0 Å². The van der Waals surface area contributed by atoms with Gasteiger partial charge in [-0.25, -0.2) is 5.01 Å². The molecule has 0 spiro atoms. The molecule has 1 amide bonds. The topological polar surface area (TPSA) is 41.6 Å². The molecule has 1 aromatic rings. The average molecular weight is 248 g/mol. The Labute approximate surface area is 108 Å². The lowest BCUT2D eigenvalue weighted by molar-refractivity contribution is 0.0750. The third-order valence-electron chi connectivity index (χ3n) is 3.14. The summed E-state index contributed by atoms with van der Waals surface area (Å²) in [5.74, 6) is -0.0270. The number of nitrogens with zero attached hydrogens (tertiary/aromatic N) is 1. The van der Waals surface area contributed by atoms with Gasteiger partial charge in [0, 0.05) is 25.8 Å².